The Labute approximate surface area is 237 Å². The first kappa shape index (κ1) is 32.9. The molecule has 2 aromatic rings. The summed E-state index contributed by atoms with van der Waals surface area (Å²) in [7, 11) is -3.73. The van der Waals surface area contributed by atoms with Gasteiger partial charge in [0.05, 0.1) is 30.4 Å². The molecule has 5 nitrogen and oxygen atoms in total. The van der Waals surface area contributed by atoms with E-state index < -0.39 is 51.3 Å². The van der Waals surface area contributed by atoms with Gasteiger partial charge in [0.1, 0.15) is 0 Å². The van der Waals surface area contributed by atoms with E-state index in [1.165, 1.54) is 4.90 Å². The molecule has 1 heterocycles. The Bertz CT molecular complexity index is 1310. The second-order valence-electron chi connectivity index (χ2n) is 10.6. The molecular weight excluding hydrogens is 572 g/mol. The standard InChI is InChI=1S/C29H35F6NO4S/c1-4-21-8-9-23(17-22(21)5-2)27(11-13-40-41(3,38)39)10-6-7-12-36(19-27)26(37)16-20-14-24(28(30,31)32)18-25(15-20)29(33,34)35/h8-9,14-15,17-18H,4-7,10-13,16,19H2,1-3H3/t27-/m1/s1. The van der Waals surface area contributed by atoms with Gasteiger partial charge in [-0.2, -0.15) is 34.8 Å². The lowest BCUT2D eigenvalue weighted by atomic mass is 9.73. The topological polar surface area (TPSA) is 63.7 Å². The van der Waals surface area contributed by atoms with Crippen LogP contribution >= 0.6 is 0 Å². The second kappa shape index (κ2) is 12.7. The first-order valence-corrected chi connectivity index (χ1v) is 15.3. The Morgan fingerprint density at radius 2 is 1.54 bits per heavy atom. The van der Waals surface area contributed by atoms with Gasteiger partial charge in [-0.1, -0.05) is 38.5 Å². The van der Waals surface area contributed by atoms with E-state index in [0.717, 1.165) is 35.8 Å². The molecule has 1 atom stereocenters. The third kappa shape index (κ3) is 8.70. The highest BCUT2D eigenvalue weighted by atomic mass is 32.2. The number of carbonyl (C=O) groups excluding carboxylic acids is 1. The van der Waals surface area contributed by atoms with Gasteiger partial charge >= 0.3 is 12.4 Å². The normalized spacial score (nSPS) is 18.8. The van der Waals surface area contributed by atoms with Crippen molar-refractivity contribution in [3.05, 3.63) is 69.8 Å². The number of hydrogen-bond acceptors (Lipinski definition) is 4. The molecule has 1 aliphatic rings. The van der Waals surface area contributed by atoms with Gasteiger partial charge in [0.15, 0.2) is 0 Å². The predicted molar refractivity (Wildman–Crippen MR) is 143 cm³/mol. The van der Waals surface area contributed by atoms with E-state index in [1.807, 2.05) is 26.0 Å². The van der Waals surface area contributed by atoms with E-state index in [1.54, 1.807) is 0 Å². The summed E-state index contributed by atoms with van der Waals surface area (Å²) in [4.78, 5) is 14.9. The number of nitrogens with zero attached hydrogens (tertiary/aromatic N) is 1. The van der Waals surface area contributed by atoms with Crippen molar-refractivity contribution >= 4 is 16.0 Å². The lowest BCUT2D eigenvalue weighted by Gasteiger charge is -2.37. The summed E-state index contributed by atoms with van der Waals surface area (Å²) >= 11 is 0. The number of aryl methyl sites for hydroxylation is 2. The summed E-state index contributed by atoms with van der Waals surface area (Å²) in [5.41, 5.74) is -0.889. The van der Waals surface area contributed by atoms with E-state index in [2.05, 4.69) is 6.07 Å². The number of halogens is 6. The van der Waals surface area contributed by atoms with E-state index in [4.69, 9.17) is 4.18 Å². The van der Waals surface area contributed by atoms with Gasteiger partial charge in [0, 0.05) is 18.5 Å². The molecular formula is C29H35F6NO4S. The number of carbonyl (C=O) groups is 1. The van der Waals surface area contributed by atoms with Crippen LogP contribution in [0.15, 0.2) is 36.4 Å². The minimum absolute atomic E-state index is 0.0397. The van der Waals surface area contributed by atoms with Gasteiger partial charge in [-0.05, 0) is 72.6 Å². The molecule has 12 heteroatoms. The largest absolute Gasteiger partial charge is 0.416 e. The molecule has 3 rings (SSSR count). The zero-order chi connectivity index (χ0) is 30.6. The maximum atomic E-state index is 13.5. The average Bonchev–Trinajstić information content (AvgIpc) is 3.10. The third-order valence-corrected chi connectivity index (χ3v) is 8.24. The molecule has 2 aromatic carbocycles. The number of likely N-dealkylation sites (tertiary alicyclic amines) is 1. The molecule has 1 saturated heterocycles. The summed E-state index contributed by atoms with van der Waals surface area (Å²) in [5, 5.41) is 0. The third-order valence-electron chi connectivity index (χ3n) is 7.64. The van der Waals surface area contributed by atoms with Gasteiger partial charge in [-0.3, -0.25) is 8.98 Å². The summed E-state index contributed by atoms with van der Waals surface area (Å²) < 4.78 is 109. The Morgan fingerprint density at radius 3 is 2.07 bits per heavy atom. The molecule has 0 N–H and O–H groups in total. The predicted octanol–water partition coefficient (Wildman–Crippen LogP) is 6.71. The number of amides is 1. The van der Waals surface area contributed by atoms with Gasteiger partial charge in [-0.25, -0.2) is 0 Å². The fourth-order valence-electron chi connectivity index (χ4n) is 5.51. The van der Waals surface area contributed by atoms with Gasteiger partial charge in [0.25, 0.3) is 10.1 Å². The van der Waals surface area contributed by atoms with Crippen molar-refractivity contribution in [3.8, 4) is 0 Å². The number of alkyl halides is 6. The van der Waals surface area contributed by atoms with Crippen LogP contribution in [0.5, 0.6) is 0 Å². The molecule has 1 fully saturated rings. The van der Waals surface area contributed by atoms with Crippen LogP contribution in [0.25, 0.3) is 0 Å². The summed E-state index contributed by atoms with van der Waals surface area (Å²) in [6.07, 6.45) is -6.06. The molecule has 0 spiro atoms. The fourth-order valence-corrected chi connectivity index (χ4v) is 5.90. The van der Waals surface area contributed by atoms with Crippen LogP contribution in [0.1, 0.15) is 72.9 Å². The maximum Gasteiger partial charge on any atom is 0.416 e. The van der Waals surface area contributed by atoms with Crippen molar-refractivity contribution in [2.75, 3.05) is 26.0 Å². The average molecular weight is 608 g/mol. The maximum absolute atomic E-state index is 13.5. The van der Waals surface area contributed by atoms with Crippen LogP contribution < -0.4 is 0 Å². The van der Waals surface area contributed by atoms with E-state index in [9.17, 15) is 39.6 Å². The summed E-state index contributed by atoms with van der Waals surface area (Å²) in [6, 6.07) is 7.21. The quantitative estimate of drug-likeness (QED) is 0.235. The minimum Gasteiger partial charge on any atom is -0.342 e. The molecule has 228 valence electrons. The number of rotatable bonds is 9. The fraction of sp³-hybridized carbons (Fsp3) is 0.552. The highest BCUT2D eigenvalue weighted by Gasteiger charge is 2.39. The van der Waals surface area contributed by atoms with Crippen molar-refractivity contribution in [3.63, 3.8) is 0 Å². The highest BCUT2D eigenvalue weighted by molar-refractivity contribution is 7.85. The number of hydrogen-bond donors (Lipinski definition) is 0. The molecule has 0 aliphatic carbocycles. The Hall–Kier alpha value is -2.60. The van der Waals surface area contributed by atoms with Gasteiger partial charge in [-0.15, -0.1) is 0 Å². The van der Waals surface area contributed by atoms with E-state index in [-0.39, 0.29) is 37.7 Å². The molecule has 0 aromatic heterocycles. The van der Waals surface area contributed by atoms with Crippen LogP contribution in [0, 0.1) is 0 Å². The smallest absolute Gasteiger partial charge is 0.342 e. The lowest BCUT2D eigenvalue weighted by molar-refractivity contribution is -0.143. The van der Waals surface area contributed by atoms with E-state index >= 15 is 0 Å². The second-order valence-corrected chi connectivity index (χ2v) is 12.3. The summed E-state index contributed by atoms with van der Waals surface area (Å²) in [5.74, 6) is -0.603. The van der Waals surface area contributed by atoms with Crippen LogP contribution in [0.3, 0.4) is 0 Å². The Kier molecular flexibility index (Phi) is 10.2. The minimum atomic E-state index is -5.02. The number of benzene rings is 2. The SMILES string of the molecule is CCc1ccc([C@@]2(CCOS(C)(=O)=O)CCCCN(C(=O)Cc3cc(C(F)(F)F)cc(C(F)(F)F)c3)C2)cc1CC. The monoisotopic (exact) mass is 607 g/mol. The molecule has 1 amide bonds. The van der Waals surface area contributed by atoms with Crippen molar-refractivity contribution < 1.29 is 43.7 Å². The molecule has 1 aliphatic heterocycles. The van der Waals surface area contributed by atoms with Crippen LogP contribution in [0.4, 0.5) is 26.3 Å². The van der Waals surface area contributed by atoms with Crippen molar-refractivity contribution in [1.82, 2.24) is 4.90 Å². The first-order chi connectivity index (χ1) is 19.0. The molecule has 0 radical (unpaired) electrons. The molecule has 0 bridgehead atoms. The Morgan fingerprint density at radius 1 is 0.927 bits per heavy atom. The molecule has 0 unspecified atom stereocenters. The zero-order valence-corrected chi connectivity index (χ0v) is 24.1. The van der Waals surface area contributed by atoms with Gasteiger partial charge < -0.3 is 4.90 Å². The lowest BCUT2D eigenvalue weighted by Crippen LogP contribution is -2.44. The van der Waals surface area contributed by atoms with Crippen molar-refractivity contribution in [2.45, 2.75) is 76.6 Å². The molecule has 0 saturated carbocycles. The van der Waals surface area contributed by atoms with Gasteiger partial charge in [0.2, 0.25) is 5.91 Å². The van der Waals surface area contributed by atoms with Crippen LogP contribution in [-0.2, 0) is 56.1 Å². The first-order valence-electron chi connectivity index (χ1n) is 13.5. The summed E-state index contributed by atoms with van der Waals surface area (Å²) in [6.45, 7) is 4.31. The molecule has 41 heavy (non-hydrogen) atoms. The highest BCUT2D eigenvalue weighted by Crippen LogP contribution is 2.39. The van der Waals surface area contributed by atoms with Crippen LogP contribution in [0.2, 0.25) is 0 Å². The van der Waals surface area contributed by atoms with Crippen molar-refractivity contribution in [1.29, 1.82) is 0 Å². The van der Waals surface area contributed by atoms with Crippen molar-refractivity contribution in [2.24, 2.45) is 0 Å². The zero-order valence-electron chi connectivity index (χ0n) is 23.3. The van der Waals surface area contributed by atoms with Crippen LogP contribution in [-0.4, -0.2) is 45.2 Å². The van der Waals surface area contributed by atoms with E-state index in [0.29, 0.717) is 31.4 Å². The Balaban J connectivity index is 1.99.